The lowest BCUT2D eigenvalue weighted by molar-refractivity contribution is -0.139. The van der Waals surface area contributed by atoms with Gasteiger partial charge in [-0.3, -0.25) is 4.79 Å². The minimum Gasteiger partial charge on any atom is -0.481 e. The fourth-order valence-electron chi connectivity index (χ4n) is 2.59. The second-order valence-corrected chi connectivity index (χ2v) is 5.39. The molecule has 0 amide bonds. The van der Waals surface area contributed by atoms with Crippen LogP contribution in [-0.4, -0.2) is 23.8 Å². The number of carboxylic acids is 1. The normalized spacial score (nSPS) is 20.4. The van der Waals surface area contributed by atoms with Crippen molar-refractivity contribution < 1.29 is 14.6 Å². The van der Waals surface area contributed by atoms with Gasteiger partial charge in [-0.2, -0.15) is 0 Å². The van der Waals surface area contributed by atoms with Crippen LogP contribution in [0.4, 0.5) is 0 Å². The Balaban J connectivity index is 1.93. The van der Waals surface area contributed by atoms with E-state index in [0.717, 1.165) is 32.3 Å². The lowest BCUT2D eigenvalue weighted by Gasteiger charge is -2.15. The molecule has 1 N–H and O–H groups in total. The van der Waals surface area contributed by atoms with Gasteiger partial charge in [0.2, 0.25) is 0 Å². The van der Waals surface area contributed by atoms with E-state index in [1.807, 2.05) is 12.1 Å². The van der Waals surface area contributed by atoms with E-state index in [1.54, 1.807) is 12.1 Å². The molecule has 0 aliphatic carbocycles. The van der Waals surface area contributed by atoms with E-state index in [4.69, 9.17) is 16.3 Å². The number of hydrogen-bond acceptors (Lipinski definition) is 2. The summed E-state index contributed by atoms with van der Waals surface area (Å²) in [5, 5.41) is 9.89. The summed E-state index contributed by atoms with van der Waals surface area (Å²) in [6, 6.07) is 7.19. The molecule has 1 aliphatic heterocycles. The van der Waals surface area contributed by atoms with E-state index in [1.165, 1.54) is 0 Å². The Bertz CT molecular complexity index is 427. The maximum atomic E-state index is 11.4. The lowest BCUT2D eigenvalue weighted by atomic mass is 9.92. The van der Waals surface area contributed by atoms with Crippen LogP contribution in [0.2, 0.25) is 5.02 Å². The fourth-order valence-corrected chi connectivity index (χ4v) is 2.86. The van der Waals surface area contributed by atoms with Gasteiger partial charge in [-0.1, -0.05) is 29.8 Å². The Hall–Kier alpha value is -1.06. The monoisotopic (exact) mass is 282 g/mol. The zero-order chi connectivity index (χ0) is 13.7. The number of rotatable bonds is 6. The summed E-state index contributed by atoms with van der Waals surface area (Å²) in [6.07, 6.45) is 4.95. The highest BCUT2D eigenvalue weighted by Crippen LogP contribution is 2.29. The zero-order valence-electron chi connectivity index (χ0n) is 10.8. The first-order valence-corrected chi connectivity index (χ1v) is 7.15. The molecule has 1 aliphatic rings. The smallest absolute Gasteiger partial charge is 0.311 e. The molecular formula is C15H19ClO3. The molecule has 1 saturated heterocycles. The summed E-state index contributed by atoms with van der Waals surface area (Å²) in [5.74, 6) is -1.32. The molecule has 0 bridgehead atoms. The molecule has 1 aromatic carbocycles. The number of halogens is 1. The molecule has 0 aromatic heterocycles. The van der Waals surface area contributed by atoms with Gasteiger partial charge in [-0.05, 0) is 43.7 Å². The average Bonchev–Trinajstić information content (AvgIpc) is 2.89. The molecule has 2 atom stereocenters. The van der Waals surface area contributed by atoms with Crippen LogP contribution < -0.4 is 0 Å². The van der Waals surface area contributed by atoms with E-state index in [-0.39, 0.29) is 0 Å². The van der Waals surface area contributed by atoms with Gasteiger partial charge < -0.3 is 9.84 Å². The minimum absolute atomic E-state index is 0.320. The molecule has 4 heteroatoms. The van der Waals surface area contributed by atoms with Crippen molar-refractivity contribution in [1.29, 1.82) is 0 Å². The Kier molecular flexibility index (Phi) is 5.23. The highest BCUT2D eigenvalue weighted by Gasteiger charge is 2.23. The zero-order valence-corrected chi connectivity index (χ0v) is 11.6. The van der Waals surface area contributed by atoms with Crippen molar-refractivity contribution in [3.63, 3.8) is 0 Å². The molecule has 104 valence electrons. The maximum absolute atomic E-state index is 11.4. The van der Waals surface area contributed by atoms with Gasteiger partial charge in [0.05, 0.1) is 12.0 Å². The number of carbonyl (C=O) groups is 1. The Morgan fingerprint density at radius 2 is 2.26 bits per heavy atom. The van der Waals surface area contributed by atoms with Crippen molar-refractivity contribution in [1.82, 2.24) is 0 Å². The quantitative estimate of drug-likeness (QED) is 0.862. The van der Waals surface area contributed by atoms with Crippen LogP contribution in [0, 0.1) is 0 Å². The SMILES string of the molecule is O=C(O)C(CCCC1CCCO1)c1ccccc1Cl. The maximum Gasteiger partial charge on any atom is 0.311 e. The first-order valence-electron chi connectivity index (χ1n) is 6.77. The number of carboxylic acid groups (broad SMARTS) is 1. The first kappa shape index (κ1) is 14.4. The molecule has 1 aromatic rings. The standard InChI is InChI=1S/C15H19ClO3/c16-14-9-2-1-7-12(14)13(15(17)18)8-3-5-11-6-4-10-19-11/h1-2,7,9,11,13H,3-6,8,10H2,(H,17,18). The molecule has 1 heterocycles. The Morgan fingerprint density at radius 1 is 1.47 bits per heavy atom. The fraction of sp³-hybridized carbons (Fsp3) is 0.533. The topological polar surface area (TPSA) is 46.5 Å². The third-order valence-electron chi connectivity index (χ3n) is 3.62. The van der Waals surface area contributed by atoms with Crippen molar-refractivity contribution in [2.45, 2.75) is 44.1 Å². The summed E-state index contributed by atoms with van der Waals surface area (Å²) in [5.41, 5.74) is 0.712. The van der Waals surface area contributed by atoms with Crippen LogP contribution in [0.25, 0.3) is 0 Å². The third kappa shape index (κ3) is 3.95. The van der Waals surface area contributed by atoms with E-state index in [0.29, 0.717) is 23.1 Å². The summed E-state index contributed by atoms with van der Waals surface area (Å²) >= 11 is 6.08. The summed E-state index contributed by atoms with van der Waals surface area (Å²) in [6.45, 7) is 0.845. The van der Waals surface area contributed by atoms with Crippen LogP contribution in [0.1, 0.15) is 43.6 Å². The molecule has 1 fully saturated rings. The van der Waals surface area contributed by atoms with Crippen LogP contribution in [-0.2, 0) is 9.53 Å². The van der Waals surface area contributed by atoms with E-state index >= 15 is 0 Å². The molecule has 0 saturated carbocycles. The van der Waals surface area contributed by atoms with Crippen molar-refractivity contribution in [3.8, 4) is 0 Å². The van der Waals surface area contributed by atoms with E-state index in [2.05, 4.69) is 0 Å². The van der Waals surface area contributed by atoms with Gasteiger partial charge in [0.25, 0.3) is 0 Å². The van der Waals surface area contributed by atoms with Crippen molar-refractivity contribution in [2.24, 2.45) is 0 Å². The summed E-state index contributed by atoms with van der Waals surface area (Å²) in [4.78, 5) is 11.4. The third-order valence-corrected chi connectivity index (χ3v) is 3.97. The number of aliphatic carboxylic acids is 1. The Morgan fingerprint density at radius 3 is 2.89 bits per heavy atom. The second kappa shape index (κ2) is 6.92. The predicted octanol–water partition coefficient (Wildman–Crippen LogP) is 3.86. The van der Waals surface area contributed by atoms with Gasteiger partial charge in [-0.15, -0.1) is 0 Å². The van der Waals surface area contributed by atoms with Crippen molar-refractivity contribution in [3.05, 3.63) is 34.9 Å². The molecule has 0 radical (unpaired) electrons. The summed E-state index contributed by atoms with van der Waals surface area (Å²) in [7, 11) is 0. The van der Waals surface area contributed by atoms with Crippen molar-refractivity contribution >= 4 is 17.6 Å². The molecule has 19 heavy (non-hydrogen) atoms. The van der Waals surface area contributed by atoms with Gasteiger partial charge in [0.15, 0.2) is 0 Å². The van der Waals surface area contributed by atoms with E-state index < -0.39 is 11.9 Å². The van der Waals surface area contributed by atoms with Gasteiger partial charge in [0.1, 0.15) is 0 Å². The lowest BCUT2D eigenvalue weighted by Crippen LogP contribution is -2.13. The van der Waals surface area contributed by atoms with Gasteiger partial charge in [0, 0.05) is 11.6 Å². The van der Waals surface area contributed by atoms with Gasteiger partial charge in [-0.25, -0.2) is 0 Å². The second-order valence-electron chi connectivity index (χ2n) is 4.98. The first-order chi connectivity index (χ1) is 9.18. The average molecular weight is 283 g/mol. The molecule has 2 rings (SSSR count). The minimum atomic E-state index is -0.805. The highest BCUT2D eigenvalue weighted by atomic mass is 35.5. The number of benzene rings is 1. The Labute approximate surface area is 118 Å². The molecular weight excluding hydrogens is 264 g/mol. The van der Waals surface area contributed by atoms with Crippen LogP contribution in [0.15, 0.2) is 24.3 Å². The number of hydrogen-bond donors (Lipinski definition) is 1. The molecule has 2 unspecified atom stereocenters. The highest BCUT2D eigenvalue weighted by molar-refractivity contribution is 6.31. The van der Waals surface area contributed by atoms with Crippen molar-refractivity contribution in [2.75, 3.05) is 6.61 Å². The predicted molar refractivity (Wildman–Crippen MR) is 74.7 cm³/mol. The van der Waals surface area contributed by atoms with E-state index in [9.17, 15) is 9.90 Å². The summed E-state index contributed by atoms with van der Waals surface area (Å²) < 4.78 is 5.55. The van der Waals surface area contributed by atoms with Crippen LogP contribution in [0.5, 0.6) is 0 Å². The van der Waals surface area contributed by atoms with Gasteiger partial charge >= 0.3 is 5.97 Å². The van der Waals surface area contributed by atoms with Crippen LogP contribution >= 0.6 is 11.6 Å². The van der Waals surface area contributed by atoms with Crippen LogP contribution in [0.3, 0.4) is 0 Å². The molecule has 3 nitrogen and oxygen atoms in total. The number of ether oxygens (including phenoxy) is 1. The molecule has 0 spiro atoms. The largest absolute Gasteiger partial charge is 0.481 e.